The molecule has 1 amide bonds. The maximum Gasteiger partial charge on any atom is 0.236 e. The van der Waals surface area contributed by atoms with Gasteiger partial charge in [0.05, 0.1) is 6.54 Å². The largest absolute Gasteiger partial charge is 0.486 e. The molecule has 0 radical (unpaired) electrons. The molecule has 1 saturated heterocycles. The van der Waals surface area contributed by atoms with Gasteiger partial charge < -0.3 is 14.4 Å². The molecular weight excluding hydrogens is 384 g/mol. The van der Waals surface area contributed by atoms with Crippen LogP contribution in [0.5, 0.6) is 11.5 Å². The van der Waals surface area contributed by atoms with Gasteiger partial charge in [-0.15, -0.1) is 11.8 Å². The van der Waals surface area contributed by atoms with Crippen molar-refractivity contribution in [1.82, 2.24) is 9.80 Å². The first-order valence-corrected chi connectivity index (χ1v) is 11.4. The monoisotopic (exact) mass is 412 g/mol. The highest BCUT2D eigenvalue weighted by Gasteiger charge is 2.29. The number of likely N-dealkylation sites (tertiary alicyclic amines) is 1. The van der Waals surface area contributed by atoms with Crippen molar-refractivity contribution in [3.63, 3.8) is 0 Å². The number of likely N-dealkylation sites (N-methyl/N-ethyl adjacent to an activating group) is 1. The molecule has 0 spiro atoms. The zero-order valence-electron chi connectivity index (χ0n) is 17.1. The van der Waals surface area contributed by atoms with E-state index in [1.165, 1.54) is 10.5 Å². The van der Waals surface area contributed by atoms with Crippen molar-refractivity contribution in [3.8, 4) is 11.5 Å². The first-order chi connectivity index (χ1) is 14.1. The number of benzene rings is 2. The van der Waals surface area contributed by atoms with Gasteiger partial charge in [-0.3, -0.25) is 9.69 Å². The smallest absolute Gasteiger partial charge is 0.236 e. The van der Waals surface area contributed by atoms with E-state index in [9.17, 15) is 4.79 Å². The molecule has 29 heavy (non-hydrogen) atoms. The number of ether oxygens (including phenoxy) is 2. The molecule has 2 aromatic carbocycles. The summed E-state index contributed by atoms with van der Waals surface area (Å²) in [6.45, 7) is 3.21. The van der Waals surface area contributed by atoms with Crippen LogP contribution in [0.4, 0.5) is 0 Å². The molecule has 2 aliphatic rings. The van der Waals surface area contributed by atoms with Crippen LogP contribution >= 0.6 is 11.8 Å². The number of thioether (sulfide) groups is 1. The Morgan fingerprint density at radius 2 is 1.90 bits per heavy atom. The number of hydrogen-bond donors (Lipinski definition) is 0. The van der Waals surface area contributed by atoms with Crippen LogP contribution in [0.3, 0.4) is 0 Å². The molecule has 0 aliphatic carbocycles. The van der Waals surface area contributed by atoms with Crippen LogP contribution < -0.4 is 9.47 Å². The highest BCUT2D eigenvalue weighted by atomic mass is 32.2. The predicted octanol–water partition coefficient (Wildman–Crippen LogP) is 3.98. The van der Waals surface area contributed by atoms with Gasteiger partial charge in [0, 0.05) is 24.5 Å². The Morgan fingerprint density at radius 3 is 2.66 bits per heavy atom. The minimum Gasteiger partial charge on any atom is -0.486 e. The molecule has 154 valence electrons. The highest BCUT2D eigenvalue weighted by molar-refractivity contribution is 7.98. The lowest BCUT2D eigenvalue weighted by Gasteiger charge is -2.28. The zero-order chi connectivity index (χ0) is 20.2. The first-order valence-electron chi connectivity index (χ1n) is 10.1. The Kier molecular flexibility index (Phi) is 6.31. The molecule has 0 aromatic heterocycles. The number of rotatable bonds is 6. The molecule has 0 bridgehead atoms. The van der Waals surface area contributed by atoms with Crippen molar-refractivity contribution in [2.45, 2.75) is 30.3 Å². The SMILES string of the molecule is CSc1ccc(CN(C)C(=O)CN2CCC[C@@H]2c2ccc3c(c2)OCCO3)cc1. The number of carbonyl (C=O) groups is 1. The average Bonchev–Trinajstić information content (AvgIpc) is 3.22. The quantitative estimate of drug-likeness (QED) is 0.672. The van der Waals surface area contributed by atoms with Gasteiger partial charge in [0.25, 0.3) is 0 Å². The van der Waals surface area contributed by atoms with Crippen molar-refractivity contribution in [3.05, 3.63) is 53.6 Å². The Labute approximate surface area is 177 Å². The Hall–Kier alpha value is -2.18. The fourth-order valence-electron chi connectivity index (χ4n) is 4.05. The third-order valence-electron chi connectivity index (χ3n) is 5.66. The summed E-state index contributed by atoms with van der Waals surface area (Å²) >= 11 is 1.73. The summed E-state index contributed by atoms with van der Waals surface area (Å²) in [7, 11) is 1.89. The van der Waals surface area contributed by atoms with Crippen LogP contribution in [-0.4, -0.2) is 55.3 Å². The summed E-state index contributed by atoms with van der Waals surface area (Å²) < 4.78 is 11.4. The van der Waals surface area contributed by atoms with Gasteiger partial charge in [0.15, 0.2) is 11.5 Å². The lowest BCUT2D eigenvalue weighted by molar-refractivity contribution is -0.131. The Bertz CT molecular complexity index is 856. The van der Waals surface area contributed by atoms with Crippen LogP contribution in [-0.2, 0) is 11.3 Å². The summed E-state index contributed by atoms with van der Waals surface area (Å²) in [5, 5.41) is 0. The predicted molar refractivity (Wildman–Crippen MR) is 116 cm³/mol. The average molecular weight is 413 g/mol. The van der Waals surface area contributed by atoms with Crippen LogP contribution in [0.1, 0.15) is 30.0 Å². The standard InChI is InChI=1S/C23H28N2O3S/c1-24(15-17-5-8-19(29-2)9-6-17)23(26)16-25-11-3-4-20(25)18-7-10-21-22(14-18)28-13-12-27-21/h5-10,14,20H,3-4,11-13,15-16H2,1-2H3/t20-/m1/s1. The molecular formula is C23H28N2O3S. The topological polar surface area (TPSA) is 42.0 Å². The summed E-state index contributed by atoms with van der Waals surface area (Å²) in [5.41, 5.74) is 2.36. The number of nitrogens with zero attached hydrogens (tertiary/aromatic N) is 2. The molecule has 2 heterocycles. The second kappa shape index (κ2) is 9.09. The number of carbonyl (C=O) groups excluding carboxylic acids is 1. The minimum atomic E-state index is 0.156. The normalized spacial score (nSPS) is 18.6. The van der Waals surface area contributed by atoms with Gasteiger partial charge in [-0.2, -0.15) is 0 Å². The van der Waals surface area contributed by atoms with Crippen LogP contribution in [0.2, 0.25) is 0 Å². The zero-order valence-corrected chi connectivity index (χ0v) is 17.9. The van der Waals surface area contributed by atoms with E-state index >= 15 is 0 Å². The number of fused-ring (bicyclic) bond motifs is 1. The van der Waals surface area contributed by atoms with E-state index in [-0.39, 0.29) is 11.9 Å². The molecule has 5 nitrogen and oxygen atoms in total. The van der Waals surface area contributed by atoms with E-state index in [2.05, 4.69) is 47.6 Å². The summed E-state index contributed by atoms with van der Waals surface area (Å²) in [6.07, 6.45) is 4.23. The van der Waals surface area contributed by atoms with Gasteiger partial charge in [-0.05, 0) is 61.0 Å². The second-order valence-electron chi connectivity index (χ2n) is 7.63. The van der Waals surface area contributed by atoms with E-state index in [0.717, 1.165) is 36.4 Å². The molecule has 2 aliphatic heterocycles. The number of hydrogen-bond acceptors (Lipinski definition) is 5. The molecule has 1 atom stereocenters. The Balaban J connectivity index is 1.39. The van der Waals surface area contributed by atoms with Gasteiger partial charge in [0.1, 0.15) is 13.2 Å². The molecule has 6 heteroatoms. The molecule has 2 aromatic rings. The fraction of sp³-hybridized carbons (Fsp3) is 0.435. The van der Waals surface area contributed by atoms with Crippen molar-refractivity contribution < 1.29 is 14.3 Å². The van der Waals surface area contributed by atoms with Crippen molar-refractivity contribution in [2.75, 3.05) is 39.6 Å². The first kappa shape index (κ1) is 20.1. The lowest BCUT2D eigenvalue weighted by atomic mass is 10.0. The van der Waals surface area contributed by atoms with Gasteiger partial charge >= 0.3 is 0 Å². The van der Waals surface area contributed by atoms with Crippen molar-refractivity contribution in [1.29, 1.82) is 0 Å². The van der Waals surface area contributed by atoms with E-state index in [1.54, 1.807) is 11.8 Å². The van der Waals surface area contributed by atoms with Crippen LogP contribution in [0, 0.1) is 0 Å². The van der Waals surface area contributed by atoms with Gasteiger partial charge in [-0.1, -0.05) is 18.2 Å². The second-order valence-corrected chi connectivity index (χ2v) is 8.51. The summed E-state index contributed by atoms with van der Waals surface area (Å²) in [6, 6.07) is 14.9. The van der Waals surface area contributed by atoms with E-state index in [0.29, 0.717) is 26.3 Å². The molecule has 0 unspecified atom stereocenters. The van der Waals surface area contributed by atoms with E-state index in [4.69, 9.17) is 9.47 Å². The van der Waals surface area contributed by atoms with Crippen molar-refractivity contribution >= 4 is 17.7 Å². The minimum absolute atomic E-state index is 0.156. The molecule has 0 saturated carbocycles. The fourth-order valence-corrected chi connectivity index (χ4v) is 4.46. The van der Waals surface area contributed by atoms with E-state index < -0.39 is 0 Å². The maximum absolute atomic E-state index is 12.9. The number of amides is 1. The van der Waals surface area contributed by atoms with Crippen molar-refractivity contribution in [2.24, 2.45) is 0 Å². The molecule has 1 fully saturated rings. The van der Waals surface area contributed by atoms with E-state index in [1.807, 2.05) is 18.0 Å². The third-order valence-corrected chi connectivity index (χ3v) is 6.40. The lowest BCUT2D eigenvalue weighted by Crippen LogP contribution is -2.37. The van der Waals surface area contributed by atoms with Gasteiger partial charge in [-0.25, -0.2) is 0 Å². The maximum atomic E-state index is 12.9. The molecule has 0 N–H and O–H groups in total. The summed E-state index contributed by atoms with van der Waals surface area (Å²) in [5.74, 6) is 1.79. The summed E-state index contributed by atoms with van der Waals surface area (Å²) in [4.78, 5) is 18.2. The van der Waals surface area contributed by atoms with Gasteiger partial charge in [0.2, 0.25) is 5.91 Å². The Morgan fingerprint density at radius 1 is 1.14 bits per heavy atom. The molecule has 4 rings (SSSR count). The van der Waals surface area contributed by atoms with Crippen LogP contribution in [0.15, 0.2) is 47.4 Å². The third kappa shape index (κ3) is 4.70. The highest BCUT2D eigenvalue weighted by Crippen LogP contribution is 2.38. The van der Waals surface area contributed by atoms with Crippen LogP contribution in [0.25, 0.3) is 0 Å².